The number of phenolic OH excluding ortho intramolecular Hbond substituents is 2. The van der Waals surface area contributed by atoms with Gasteiger partial charge in [-0.05, 0) is 19.4 Å². The summed E-state index contributed by atoms with van der Waals surface area (Å²) in [5, 5.41) is 20.8. The highest BCUT2D eigenvalue weighted by molar-refractivity contribution is 6.19. The van der Waals surface area contributed by atoms with Crippen LogP contribution in [-0.4, -0.2) is 34.3 Å². The monoisotopic (exact) mass is 353 g/mol. The van der Waals surface area contributed by atoms with Crippen LogP contribution < -0.4 is 9.47 Å². The number of fused-ring (bicyclic) bond motifs is 3. The van der Waals surface area contributed by atoms with Gasteiger partial charge in [0.15, 0.2) is 17.3 Å². The number of aryl methyl sites for hydroxylation is 2. The number of hydrogen-bond acceptors (Lipinski definition) is 5. The summed E-state index contributed by atoms with van der Waals surface area (Å²) in [6, 6.07) is 8.69. The van der Waals surface area contributed by atoms with Crippen molar-refractivity contribution in [3.63, 3.8) is 0 Å². The Labute approximate surface area is 150 Å². The summed E-state index contributed by atoms with van der Waals surface area (Å²) >= 11 is 0. The first-order valence-electron chi connectivity index (χ1n) is 8.42. The second-order valence-electron chi connectivity index (χ2n) is 6.40. The van der Waals surface area contributed by atoms with Crippen LogP contribution in [0.5, 0.6) is 23.1 Å². The number of methoxy groups -OCH3 is 1. The van der Waals surface area contributed by atoms with Gasteiger partial charge < -0.3 is 24.3 Å². The highest BCUT2D eigenvalue weighted by atomic mass is 16.5. The van der Waals surface area contributed by atoms with Crippen molar-refractivity contribution in [1.29, 1.82) is 0 Å². The Kier molecular flexibility index (Phi) is 3.76. The van der Waals surface area contributed by atoms with Crippen LogP contribution in [0.1, 0.15) is 27.9 Å². The molecule has 1 aliphatic rings. The number of nitrogens with zero attached hydrogens (tertiary/aromatic N) is 1. The predicted octanol–water partition coefficient (Wildman–Crippen LogP) is 3.38. The quantitative estimate of drug-likeness (QED) is 0.557. The lowest BCUT2D eigenvalue weighted by atomic mass is 10.0. The molecule has 2 aromatic carbocycles. The molecular formula is C20H19NO5. The van der Waals surface area contributed by atoms with Crippen molar-refractivity contribution in [2.24, 2.45) is 0 Å². The molecule has 0 bridgehead atoms. The van der Waals surface area contributed by atoms with Gasteiger partial charge in [0.1, 0.15) is 0 Å². The zero-order valence-electron chi connectivity index (χ0n) is 14.6. The fraction of sp³-hybridized carbons (Fsp3) is 0.250. The first-order chi connectivity index (χ1) is 12.5. The van der Waals surface area contributed by atoms with E-state index >= 15 is 0 Å². The van der Waals surface area contributed by atoms with E-state index in [1.165, 1.54) is 13.2 Å². The third-order valence-corrected chi connectivity index (χ3v) is 4.72. The lowest BCUT2D eigenvalue weighted by Crippen LogP contribution is -2.16. The minimum atomic E-state index is -0.347. The van der Waals surface area contributed by atoms with Crippen molar-refractivity contribution in [1.82, 2.24) is 4.57 Å². The van der Waals surface area contributed by atoms with Crippen LogP contribution in [0.25, 0.3) is 10.9 Å². The third kappa shape index (κ3) is 2.29. The SMILES string of the molecule is COc1c(O)c(O)cc2c(C(=O)c3ccc(C)cc3)c3n(c12)CCCO3. The van der Waals surface area contributed by atoms with Gasteiger partial charge in [0.2, 0.25) is 11.6 Å². The summed E-state index contributed by atoms with van der Waals surface area (Å²) in [5.41, 5.74) is 2.52. The largest absolute Gasteiger partial charge is 0.504 e. The Morgan fingerprint density at radius 2 is 1.96 bits per heavy atom. The van der Waals surface area contributed by atoms with E-state index < -0.39 is 0 Å². The van der Waals surface area contributed by atoms with Crippen molar-refractivity contribution < 1.29 is 24.5 Å². The summed E-state index contributed by atoms with van der Waals surface area (Å²) in [4.78, 5) is 13.2. The number of hydrogen-bond donors (Lipinski definition) is 2. The van der Waals surface area contributed by atoms with E-state index in [2.05, 4.69) is 0 Å². The molecule has 0 radical (unpaired) electrons. The van der Waals surface area contributed by atoms with E-state index in [-0.39, 0.29) is 23.0 Å². The number of rotatable bonds is 3. The molecule has 0 aliphatic carbocycles. The van der Waals surface area contributed by atoms with E-state index in [4.69, 9.17) is 9.47 Å². The van der Waals surface area contributed by atoms with Crippen LogP contribution in [-0.2, 0) is 6.54 Å². The normalized spacial score (nSPS) is 13.3. The fourth-order valence-corrected chi connectivity index (χ4v) is 3.45. The van der Waals surface area contributed by atoms with E-state index in [0.717, 1.165) is 12.0 Å². The van der Waals surface area contributed by atoms with E-state index in [1.54, 1.807) is 12.1 Å². The minimum Gasteiger partial charge on any atom is -0.504 e. The molecule has 3 aromatic rings. The van der Waals surface area contributed by atoms with Gasteiger partial charge in [-0.25, -0.2) is 0 Å². The van der Waals surface area contributed by atoms with Gasteiger partial charge in [-0.3, -0.25) is 4.79 Å². The summed E-state index contributed by atoms with van der Waals surface area (Å²) < 4.78 is 13.0. The second kappa shape index (κ2) is 5.98. The molecule has 2 heterocycles. The lowest BCUT2D eigenvalue weighted by Gasteiger charge is -2.19. The van der Waals surface area contributed by atoms with Gasteiger partial charge in [-0.1, -0.05) is 29.8 Å². The van der Waals surface area contributed by atoms with Crippen LogP contribution in [0, 0.1) is 6.92 Å². The highest BCUT2D eigenvalue weighted by Crippen LogP contribution is 2.47. The molecule has 0 amide bonds. The fourth-order valence-electron chi connectivity index (χ4n) is 3.45. The number of ketones is 1. The Hall–Kier alpha value is -3.15. The zero-order chi connectivity index (χ0) is 18.4. The van der Waals surface area contributed by atoms with Crippen LogP contribution in [0.15, 0.2) is 30.3 Å². The number of aromatic nitrogens is 1. The number of aromatic hydroxyl groups is 2. The lowest BCUT2D eigenvalue weighted by molar-refractivity contribution is 0.103. The first-order valence-corrected chi connectivity index (χ1v) is 8.42. The molecule has 6 heteroatoms. The standard InChI is InChI=1S/C20H19NO5/c1-11-4-6-12(7-5-11)17(23)15-13-10-14(22)18(24)19(25-2)16(13)21-8-3-9-26-20(15)21/h4-7,10,22,24H,3,8-9H2,1-2H3. The maximum Gasteiger partial charge on any atom is 0.206 e. The van der Waals surface area contributed by atoms with Crippen molar-refractivity contribution in [2.45, 2.75) is 19.9 Å². The number of carbonyl (C=O) groups is 1. The molecule has 2 N–H and O–H groups in total. The number of phenols is 2. The van der Waals surface area contributed by atoms with Gasteiger partial charge in [0.05, 0.1) is 24.8 Å². The van der Waals surface area contributed by atoms with Crippen LogP contribution in [0.4, 0.5) is 0 Å². The van der Waals surface area contributed by atoms with E-state index in [1.807, 2.05) is 23.6 Å². The molecule has 0 spiro atoms. The molecule has 6 nitrogen and oxygen atoms in total. The summed E-state index contributed by atoms with van der Waals surface area (Å²) in [6.45, 7) is 3.09. The Morgan fingerprint density at radius 1 is 1.23 bits per heavy atom. The Balaban J connectivity index is 2.04. The molecular weight excluding hydrogens is 334 g/mol. The predicted molar refractivity (Wildman–Crippen MR) is 96.5 cm³/mol. The van der Waals surface area contributed by atoms with Crippen molar-refractivity contribution in [3.8, 4) is 23.1 Å². The van der Waals surface area contributed by atoms with Gasteiger partial charge in [0.25, 0.3) is 0 Å². The van der Waals surface area contributed by atoms with E-state index in [0.29, 0.717) is 41.1 Å². The van der Waals surface area contributed by atoms with Gasteiger partial charge >= 0.3 is 0 Å². The summed E-state index contributed by atoms with van der Waals surface area (Å²) in [7, 11) is 1.42. The Bertz CT molecular complexity index is 1020. The molecule has 1 aliphatic heterocycles. The number of carbonyl (C=O) groups excluding carboxylic acids is 1. The molecule has 0 atom stereocenters. The summed E-state index contributed by atoms with van der Waals surface area (Å²) in [6.07, 6.45) is 0.778. The van der Waals surface area contributed by atoms with Crippen molar-refractivity contribution in [3.05, 3.63) is 47.0 Å². The molecule has 0 unspecified atom stereocenters. The van der Waals surface area contributed by atoms with Crippen LogP contribution in [0.2, 0.25) is 0 Å². The smallest absolute Gasteiger partial charge is 0.206 e. The minimum absolute atomic E-state index is 0.134. The molecule has 0 saturated heterocycles. The van der Waals surface area contributed by atoms with Crippen molar-refractivity contribution >= 4 is 16.7 Å². The highest BCUT2D eigenvalue weighted by Gasteiger charge is 2.30. The average molecular weight is 353 g/mol. The topological polar surface area (TPSA) is 80.9 Å². The second-order valence-corrected chi connectivity index (χ2v) is 6.40. The number of ether oxygens (including phenoxy) is 2. The summed E-state index contributed by atoms with van der Waals surface area (Å²) in [5.74, 6) is -0.303. The molecule has 26 heavy (non-hydrogen) atoms. The zero-order valence-corrected chi connectivity index (χ0v) is 14.6. The van der Waals surface area contributed by atoms with Crippen molar-refractivity contribution in [2.75, 3.05) is 13.7 Å². The maximum atomic E-state index is 13.2. The van der Waals surface area contributed by atoms with Crippen LogP contribution in [0.3, 0.4) is 0 Å². The molecule has 1 aromatic heterocycles. The van der Waals surface area contributed by atoms with Gasteiger partial charge in [0, 0.05) is 17.5 Å². The first kappa shape index (κ1) is 16.3. The number of benzene rings is 2. The third-order valence-electron chi connectivity index (χ3n) is 4.72. The Morgan fingerprint density at radius 3 is 2.65 bits per heavy atom. The molecule has 4 rings (SSSR count). The van der Waals surface area contributed by atoms with Crippen LogP contribution >= 0.6 is 0 Å². The van der Waals surface area contributed by atoms with E-state index in [9.17, 15) is 15.0 Å². The average Bonchev–Trinajstić information content (AvgIpc) is 2.96. The van der Waals surface area contributed by atoms with Gasteiger partial charge in [-0.15, -0.1) is 0 Å². The molecule has 0 fully saturated rings. The molecule has 0 saturated carbocycles. The molecule has 134 valence electrons. The maximum absolute atomic E-state index is 13.2. The van der Waals surface area contributed by atoms with Gasteiger partial charge in [-0.2, -0.15) is 0 Å².